The third kappa shape index (κ3) is 17.5. The fourth-order valence-corrected chi connectivity index (χ4v) is 14.2. The minimum Gasteiger partial charge on any atom is -0.405 e. The predicted molar refractivity (Wildman–Crippen MR) is 471 cm³/mol. The molecule has 0 atom stereocenters. The minimum atomic E-state index is -0.476. The van der Waals surface area contributed by atoms with E-state index in [2.05, 4.69) is 185 Å². The molecule has 0 saturated carbocycles. The first-order valence-corrected chi connectivity index (χ1v) is 40.0. The largest absolute Gasteiger partial charge is 0.494 e. The molecule has 4 saturated heterocycles. The highest BCUT2D eigenvalue weighted by atomic mass is 79.9. The number of benzene rings is 4. The molecule has 4 aromatic carbocycles. The van der Waals surface area contributed by atoms with E-state index in [4.69, 9.17) is 42.3 Å². The molecule has 0 bridgehead atoms. The summed E-state index contributed by atoms with van der Waals surface area (Å²) in [5.41, 5.74) is 11.1. The Morgan fingerprint density at radius 2 is 0.605 bits per heavy atom. The summed E-state index contributed by atoms with van der Waals surface area (Å²) in [5, 5.41) is 22.9. The number of rotatable bonds is 11. The minimum absolute atomic E-state index is 0.360. The van der Waals surface area contributed by atoms with Gasteiger partial charge in [0.15, 0.2) is 23.3 Å². The third-order valence-electron chi connectivity index (χ3n) is 22.7. The number of anilines is 4. The van der Waals surface area contributed by atoms with Gasteiger partial charge in [-0.25, -0.2) is 38.7 Å². The van der Waals surface area contributed by atoms with Crippen LogP contribution in [-0.4, -0.2) is 189 Å². The molecule has 0 N–H and O–H groups in total. The molecule has 4 aliphatic heterocycles. The van der Waals surface area contributed by atoms with E-state index < -0.39 is 28.3 Å². The fourth-order valence-electron chi connectivity index (χ4n) is 13.3. The van der Waals surface area contributed by atoms with E-state index in [0.29, 0.717) is 0 Å². The Balaban J connectivity index is 0.000000133. The first kappa shape index (κ1) is 84.8. The van der Waals surface area contributed by atoms with Crippen molar-refractivity contribution in [3.05, 3.63) is 178 Å². The molecule has 0 amide bonds. The zero-order valence-corrected chi connectivity index (χ0v) is 74.5. The molecule has 0 spiro atoms. The normalized spacial score (nSPS) is 17.8. The van der Waals surface area contributed by atoms with Crippen molar-refractivity contribution < 1.29 is 37.2 Å². The van der Waals surface area contributed by atoms with E-state index in [0.717, 1.165) is 132 Å². The number of pyridine rings is 4. The van der Waals surface area contributed by atoms with E-state index in [1.54, 1.807) is 0 Å². The lowest BCUT2D eigenvalue weighted by molar-refractivity contribution is 0.00578. The second-order valence-corrected chi connectivity index (χ2v) is 36.3. The molecular weight excluding hydrogens is 1560 g/mol. The van der Waals surface area contributed by atoms with Gasteiger partial charge in [-0.05, 0) is 246 Å². The van der Waals surface area contributed by atoms with Crippen molar-refractivity contribution in [2.75, 3.05) is 76.0 Å². The summed E-state index contributed by atoms with van der Waals surface area (Å²) in [7, 11) is 14.5. The maximum atomic E-state index is 6.29. The average Bonchev–Trinajstić information content (AvgIpc) is 1.60. The summed E-state index contributed by atoms with van der Waals surface area (Å²) >= 11 is 7.11. The van der Waals surface area contributed by atoms with Crippen LogP contribution in [0.4, 0.5) is 22.7 Å². The first-order valence-electron chi connectivity index (χ1n) is 38.4. The molecule has 30 heteroatoms. The van der Waals surface area contributed by atoms with Crippen LogP contribution in [0.2, 0.25) is 0 Å². The fraction of sp³-hybridized carbons (Fsp3) is 0.429. The van der Waals surface area contributed by atoms with Gasteiger partial charge in [0, 0.05) is 145 Å². The molecule has 114 heavy (non-hydrogen) atoms. The Morgan fingerprint density at radius 1 is 0.325 bits per heavy atom. The van der Waals surface area contributed by atoms with Gasteiger partial charge in [0.1, 0.15) is 0 Å². The smallest absolute Gasteiger partial charge is 0.405 e. The monoisotopic (exact) mass is 1670 g/mol. The van der Waals surface area contributed by atoms with Gasteiger partial charge in [0.2, 0.25) is 0 Å². The second-order valence-electron chi connectivity index (χ2n) is 34.5. The number of aromatic nitrogens is 12. The quantitative estimate of drug-likeness (QED) is 0.110. The lowest BCUT2D eigenvalue weighted by Gasteiger charge is -2.32. The molecule has 12 aromatic rings. The van der Waals surface area contributed by atoms with Crippen LogP contribution >= 0.6 is 31.9 Å². The lowest BCUT2D eigenvalue weighted by atomic mass is 9.49. The molecule has 598 valence electrons. The first-order chi connectivity index (χ1) is 53.1. The third-order valence-corrected chi connectivity index (χ3v) is 23.6. The second kappa shape index (κ2) is 31.8. The summed E-state index contributed by atoms with van der Waals surface area (Å²) in [6.45, 7) is 40.7. The van der Waals surface area contributed by atoms with Crippen LogP contribution in [0.25, 0.3) is 66.9 Å². The maximum absolute atomic E-state index is 6.29. The summed E-state index contributed by atoms with van der Waals surface area (Å²) in [5.74, 6) is 3.27. The van der Waals surface area contributed by atoms with Crippen molar-refractivity contribution in [2.45, 2.75) is 183 Å². The van der Waals surface area contributed by atoms with Crippen LogP contribution in [0.15, 0.2) is 155 Å². The molecule has 0 aliphatic carbocycles. The van der Waals surface area contributed by atoms with Gasteiger partial charge in [0.05, 0.1) is 79.3 Å². The van der Waals surface area contributed by atoms with Crippen molar-refractivity contribution in [3.8, 4) is 23.3 Å². The zero-order valence-electron chi connectivity index (χ0n) is 71.3. The molecule has 0 radical (unpaired) electrons. The molecule has 0 unspecified atom stereocenters. The number of fused-ring (bicyclic) bond motifs is 4. The van der Waals surface area contributed by atoms with Gasteiger partial charge >= 0.3 is 28.3 Å². The van der Waals surface area contributed by atoms with Gasteiger partial charge in [-0.3, -0.25) is 0 Å². The van der Waals surface area contributed by atoms with Crippen molar-refractivity contribution in [2.24, 2.45) is 0 Å². The van der Waals surface area contributed by atoms with E-state index in [-0.39, 0.29) is 44.8 Å². The van der Waals surface area contributed by atoms with Crippen LogP contribution in [-0.2, 0) is 37.2 Å². The molecular formula is C84H108B4Br2N16O8. The highest BCUT2D eigenvalue weighted by Crippen LogP contribution is 2.45. The standard InChI is InChI=1S/2C21H27BN4O2.2C15H15BrN4.C12H24B2O4/c1-14-9-8-10-19(23-14)26-13-16-17(24-26)11-15(12-18(16)25(6)7)22-27-20(2,3)21(4,5)28-22;1-14-9-8-10-19(24-14)26-18-12-15(11-17(25(6)7)16(18)13-23-26)22-27-20(2,3)21(4,5)28-22;1-10-5-4-6-15(17-10)20-9-12-13(18-20)7-11(16)8-14(12)19(2)3;1-10-5-4-6-15(18-10)20-14-8-11(16)7-13(19(2)3)12(14)9-17-20;1-9(2)10(3,4)16-13(15-9)14-17-11(5,6)12(7,8)18-14/h2*8-13H,1-7H3;2*4-9H,1-3H3;1-8H3. The van der Waals surface area contributed by atoms with Crippen LogP contribution in [0.5, 0.6) is 0 Å². The van der Waals surface area contributed by atoms with Crippen molar-refractivity contribution in [3.63, 3.8) is 0 Å². The number of aryl methyl sites for hydroxylation is 4. The number of hydrogen-bond acceptors (Lipinski definition) is 20. The van der Waals surface area contributed by atoms with Gasteiger partial charge in [0.25, 0.3) is 0 Å². The Kier molecular flexibility index (Phi) is 23.7. The summed E-state index contributed by atoms with van der Waals surface area (Å²) < 4.78 is 58.4. The Labute approximate surface area is 689 Å². The Hall–Kier alpha value is -8.54. The predicted octanol–water partition coefficient (Wildman–Crippen LogP) is 15.6. The van der Waals surface area contributed by atoms with Crippen LogP contribution < -0.4 is 30.5 Å². The zero-order chi connectivity index (χ0) is 83.1. The molecule has 16 rings (SSSR count). The lowest BCUT2D eigenvalue weighted by Crippen LogP contribution is -2.41. The van der Waals surface area contributed by atoms with Crippen molar-refractivity contribution in [1.82, 2.24) is 59.1 Å². The van der Waals surface area contributed by atoms with Crippen LogP contribution in [0, 0.1) is 27.7 Å². The van der Waals surface area contributed by atoms with Gasteiger partial charge in [-0.15, -0.1) is 0 Å². The van der Waals surface area contributed by atoms with E-state index in [1.807, 2.05) is 262 Å². The van der Waals surface area contributed by atoms with Crippen LogP contribution in [0.1, 0.15) is 134 Å². The summed E-state index contributed by atoms with van der Waals surface area (Å²) in [4.78, 5) is 26.6. The Bertz CT molecular complexity index is 5390. The van der Waals surface area contributed by atoms with Crippen molar-refractivity contribution >= 4 is 137 Å². The topological polar surface area (TPSA) is 210 Å². The molecule has 24 nitrogen and oxygen atoms in total. The summed E-state index contributed by atoms with van der Waals surface area (Å²) in [6, 6.07) is 40.4. The van der Waals surface area contributed by atoms with Crippen LogP contribution in [0.3, 0.4) is 0 Å². The number of halogens is 2. The molecule has 4 fully saturated rings. The van der Waals surface area contributed by atoms with Gasteiger partial charge in [-0.1, -0.05) is 56.1 Å². The van der Waals surface area contributed by atoms with Gasteiger partial charge < -0.3 is 56.8 Å². The molecule has 12 heterocycles. The molecule has 8 aromatic heterocycles. The highest BCUT2D eigenvalue weighted by molar-refractivity contribution is 9.10. The number of nitrogens with zero attached hydrogens (tertiary/aromatic N) is 16. The maximum Gasteiger partial charge on any atom is 0.494 e. The number of hydrogen-bond donors (Lipinski definition) is 0. The highest BCUT2D eigenvalue weighted by Gasteiger charge is 2.64. The Morgan fingerprint density at radius 3 is 0.956 bits per heavy atom. The van der Waals surface area contributed by atoms with Gasteiger partial charge in [-0.2, -0.15) is 20.4 Å². The SMILES string of the molecule is CC1(C)OB(B2OC(C)(C)C(C)(C)O2)OC1(C)C.Cc1cccc(-n2cc3c(N(C)C)cc(B4OC(C)(C)C(C)(C)O4)cc3n2)n1.Cc1cccc(-n2cc3c(N(C)C)cc(Br)cc3n2)n1.Cc1cccc(-n2ncc3c(N(C)C)cc(B4OC(C)(C)C(C)(C)O4)cc32)n1.Cc1cccc(-n2ncc3c(N(C)C)cc(Br)cc32)n1. The average molecular weight is 1670 g/mol. The van der Waals surface area contributed by atoms with Crippen molar-refractivity contribution in [1.29, 1.82) is 0 Å². The van der Waals surface area contributed by atoms with E-state index in [1.165, 1.54) is 0 Å². The van der Waals surface area contributed by atoms with E-state index >= 15 is 0 Å². The summed E-state index contributed by atoms with van der Waals surface area (Å²) in [6.07, 6.45) is 7.84. The molecule has 4 aliphatic rings. The van der Waals surface area contributed by atoms with E-state index in [9.17, 15) is 0 Å².